The maximum absolute atomic E-state index is 9.76. The normalized spacial score (nSPS) is 11.0. The van der Waals surface area contributed by atoms with Crippen LogP contribution >= 0.6 is 11.3 Å². The number of thiazole rings is 1. The van der Waals surface area contributed by atoms with Crippen LogP contribution in [0.4, 0.5) is 5.69 Å². The van der Waals surface area contributed by atoms with Crippen molar-refractivity contribution >= 4 is 22.6 Å². The van der Waals surface area contributed by atoms with Crippen LogP contribution in [0.1, 0.15) is 11.4 Å². The zero-order valence-electron chi connectivity index (χ0n) is 15.5. The lowest BCUT2D eigenvalue weighted by molar-refractivity contribution is 0.373. The van der Waals surface area contributed by atoms with Crippen LogP contribution in [0.15, 0.2) is 54.0 Å². The second-order valence-corrected chi connectivity index (χ2v) is 6.66. The van der Waals surface area contributed by atoms with Gasteiger partial charge in [-0.05, 0) is 30.3 Å². The average Bonchev–Trinajstić information content (AvgIpc) is 3.21. The summed E-state index contributed by atoms with van der Waals surface area (Å²) in [6.45, 7) is 0. The monoisotopic (exact) mass is 393 g/mol. The summed E-state index contributed by atoms with van der Waals surface area (Å²) in [5.41, 5.74) is 3.22. The van der Waals surface area contributed by atoms with Gasteiger partial charge in [-0.25, -0.2) is 4.98 Å². The van der Waals surface area contributed by atoms with Gasteiger partial charge < -0.3 is 19.9 Å². The van der Waals surface area contributed by atoms with Crippen LogP contribution in [-0.2, 0) is 0 Å². The van der Waals surface area contributed by atoms with E-state index >= 15 is 0 Å². The van der Waals surface area contributed by atoms with Crippen LogP contribution in [0, 0.1) is 11.3 Å². The van der Waals surface area contributed by atoms with E-state index in [0.717, 1.165) is 33.3 Å². The molecule has 3 aromatic rings. The van der Waals surface area contributed by atoms with Gasteiger partial charge in [0.1, 0.15) is 10.8 Å². The van der Waals surface area contributed by atoms with Gasteiger partial charge in [0, 0.05) is 34.5 Å². The Balaban J connectivity index is 1.86. The second kappa shape index (κ2) is 8.93. The number of methoxy groups -OCH3 is 2. The molecule has 0 fully saturated rings. The van der Waals surface area contributed by atoms with Crippen molar-refractivity contribution in [3.8, 4) is 34.6 Å². The first kappa shape index (κ1) is 19.3. The van der Waals surface area contributed by atoms with E-state index in [1.54, 1.807) is 31.5 Å². The van der Waals surface area contributed by atoms with E-state index in [-0.39, 0.29) is 12.2 Å². The standard InChI is InChI=1S/C21H19N3O3S/c1-26-17-5-3-4-16(11-17)23-12-15(8-9-22)21-24-18(13-28-21)14-6-7-19(25)20(10-14)27-2/h3-7,10-13,23,25H,8H2,1-2H3/b15-12-. The topological polar surface area (TPSA) is 87.4 Å². The van der Waals surface area contributed by atoms with Crippen LogP contribution in [0.3, 0.4) is 0 Å². The number of phenols is 1. The molecule has 0 saturated heterocycles. The maximum atomic E-state index is 9.76. The van der Waals surface area contributed by atoms with E-state index < -0.39 is 0 Å². The highest BCUT2D eigenvalue weighted by molar-refractivity contribution is 7.11. The van der Waals surface area contributed by atoms with Crippen LogP contribution in [0.2, 0.25) is 0 Å². The Morgan fingerprint density at radius 1 is 1.25 bits per heavy atom. The highest BCUT2D eigenvalue weighted by Gasteiger charge is 2.11. The molecule has 0 spiro atoms. The van der Waals surface area contributed by atoms with Gasteiger partial charge in [-0.1, -0.05) is 6.07 Å². The Morgan fingerprint density at radius 2 is 2.11 bits per heavy atom. The molecule has 0 aliphatic rings. The van der Waals surface area contributed by atoms with Crippen molar-refractivity contribution in [2.45, 2.75) is 6.42 Å². The summed E-state index contributed by atoms with van der Waals surface area (Å²) < 4.78 is 10.4. The summed E-state index contributed by atoms with van der Waals surface area (Å²) in [6, 6.07) is 14.8. The number of ether oxygens (including phenoxy) is 2. The minimum absolute atomic E-state index is 0.0780. The molecular weight excluding hydrogens is 374 g/mol. The molecule has 0 aliphatic carbocycles. The fourth-order valence-corrected chi connectivity index (χ4v) is 3.39. The summed E-state index contributed by atoms with van der Waals surface area (Å²) in [5.74, 6) is 1.21. The number of benzene rings is 2. The van der Waals surface area contributed by atoms with E-state index in [0.29, 0.717) is 5.75 Å². The average molecular weight is 393 g/mol. The molecule has 2 N–H and O–H groups in total. The molecule has 2 aromatic carbocycles. The molecule has 6 nitrogen and oxygen atoms in total. The molecule has 0 aliphatic heterocycles. The van der Waals surface area contributed by atoms with Crippen molar-refractivity contribution in [2.24, 2.45) is 0 Å². The molecule has 0 bridgehead atoms. The minimum atomic E-state index is 0.0780. The van der Waals surface area contributed by atoms with Crippen molar-refractivity contribution in [2.75, 3.05) is 19.5 Å². The Hall–Kier alpha value is -3.50. The summed E-state index contributed by atoms with van der Waals surface area (Å²) in [5, 5.41) is 24.8. The van der Waals surface area contributed by atoms with Crippen LogP contribution in [0.25, 0.3) is 16.8 Å². The number of aromatic nitrogens is 1. The third kappa shape index (κ3) is 4.42. The fourth-order valence-electron chi connectivity index (χ4n) is 2.55. The van der Waals surface area contributed by atoms with Gasteiger partial charge in [-0.15, -0.1) is 11.3 Å². The highest BCUT2D eigenvalue weighted by atomic mass is 32.1. The number of phenolic OH excluding ortho intramolecular Hbond substituents is 1. The molecule has 28 heavy (non-hydrogen) atoms. The first-order chi connectivity index (χ1) is 13.6. The third-order valence-electron chi connectivity index (χ3n) is 4.01. The molecule has 1 aromatic heterocycles. The quantitative estimate of drug-likeness (QED) is 0.594. The van der Waals surface area contributed by atoms with Gasteiger partial charge >= 0.3 is 0 Å². The van der Waals surface area contributed by atoms with Crippen molar-refractivity contribution in [1.29, 1.82) is 5.26 Å². The molecule has 0 saturated carbocycles. The number of hydrogen-bond donors (Lipinski definition) is 2. The summed E-state index contributed by atoms with van der Waals surface area (Å²) in [7, 11) is 3.12. The zero-order valence-corrected chi connectivity index (χ0v) is 16.3. The third-order valence-corrected chi connectivity index (χ3v) is 4.92. The van der Waals surface area contributed by atoms with Crippen LogP contribution < -0.4 is 14.8 Å². The van der Waals surface area contributed by atoms with E-state index in [1.165, 1.54) is 18.4 Å². The molecule has 0 atom stereocenters. The Morgan fingerprint density at radius 3 is 2.86 bits per heavy atom. The Kier molecular flexibility index (Phi) is 6.14. The Bertz CT molecular complexity index is 1040. The molecule has 0 amide bonds. The maximum Gasteiger partial charge on any atom is 0.161 e. The van der Waals surface area contributed by atoms with Gasteiger partial charge in [0.05, 0.1) is 32.4 Å². The van der Waals surface area contributed by atoms with Crippen molar-refractivity contribution < 1.29 is 14.6 Å². The first-order valence-corrected chi connectivity index (χ1v) is 9.32. The zero-order chi connectivity index (χ0) is 19.9. The SMILES string of the molecule is COc1cccc(N/C=C(/CC#N)c2nc(-c3ccc(O)c(OC)c3)cs2)c1. The molecule has 0 radical (unpaired) electrons. The van der Waals surface area contributed by atoms with Crippen LogP contribution in [0.5, 0.6) is 17.2 Å². The lowest BCUT2D eigenvalue weighted by Gasteiger charge is -2.06. The van der Waals surface area contributed by atoms with Crippen molar-refractivity contribution in [3.05, 3.63) is 59.1 Å². The number of nitriles is 1. The fraction of sp³-hybridized carbons (Fsp3) is 0.143. The summed E-state index contributed by atoms with van der Waals surface area (Å²) >= 11 is 1.45. The molecule has 1 heterocycles. The van der Waals surface area contributed by atoms with Crippen molar-refractivity contribution in [1.82, 2.24) is 4.98 Å². The molecule has 7 heteroatoms. The number of nitrogens with one attached hydrogen (secondary N) is 1. The summed E-state index contributed by atoms with van der Waals surface area (Å²) in [4.78, 5) is 4.65. The van der Waals surface area contributed by atoms with Crippen LogP contribution in [-0.4, -0.2) is 24.3 Å². The number of allylic oxidation sites excluding steroid dienone is 1. The summed E-state index contributed by atoms with van der Waals surface area (Å²) in [6.07, 6.45) is 2.01. The van der Waals surface area contributed by atoms with Gasteiger partial charge in [0.15, 0.2) is 11.5 Å². The van der Waals surface area contributed by atoms with Gasteiger partial charge in [-0.2, -0.15) is 5.26 Å². The number of anilines is 1. The predicted molar refractivity (Wildman–Crippen MR) is 111 cm³/mol. The van der Waals surface area contributed by atoms with Gasteiger partial charge in [0.2, 0.25) is 0 Å². The number of rotatable bonds is 7. The number of aromatic hydroxyl groups is 1. The molecule has 3 rings (SSSR count). The predicted octanol–water partition coefficient (Wildman–Crippen LogP) is 4.90. The minimum Gasteiger partial charge on any atom is -0.504 e. The lowest BCUT2D eigenvalue weighted by Crippen LogP contribution is -1.93. The largest absolute Gasteiger partial charge is 0.504 e. The number of nitrogens with zero attached hydrogens (tertiary/aromatic N) is 2. The molecule has 0 unspecified atom stereocenters. The smallest absolute Gasteiger partial charge is 0.161 e. The lowest BCUT2D eigenvalue weighted by atomic mass is 10.1. The molecular formula is C21H19N3O3S. The van der Waals surface area contributed by atoms with E-state index in [9.17, 15) is 10.4 Å². The van der Waals surface area contributed by atoms with Gasteiger partial charge in [-0.3, -0.25) is 0 Å². The van der Waals surface area contributed by atoms with E-state index in [1.807, 2.05) is 29.6 Å². The highest BCUT2D eigenvalue weighted by Crippen LogP contribution is 2.33. The van der Waals surface area contributed by atoms with Crippen molar-refractivity contribution in [3.63, 3.8) is 0 Å². The Labute approximate surface area is 167 Å². The van der Waals surface area contributed by atoms with E-state index in [4.69, 9.17) is 9.47 Å². The molecule has 142 valence electrons. The first-order valence-electron chi connectivity index (χ1n) is 8.44. The number of hydrogen-bond acceptors (Lipinski definition) is 7. The second-order valence-electron chi connectivity index (χ2n) is 5.81. The van der Waals surface area contributed by atoms with Gasteiger partial charge in [0.25, 0.3) is 0 Å². The van der Waals surface area contributed by atoms with E-state index in [2.05, 4.69) is 16.4 Å².